The van der Waals surface area contributed by atoms with Crippen molar-refractivity contribution in [1.82, 2.24) is 4.90 Å². The zero-order valence-electron chi connectivity index (χ0n) is 11.8. The number of hydrogen-bond acceptors (Lipinski definition) is 1. The van der Waals surface area contributed by atoms with Crippen LogP contribution in [0.15, 0.2) is 0 Å². The van der Waals surface area contributed by atoms with E-state index < -0.39 is 0 Å². The highest BCUT2D eigenvalue weighted by molar-refractivity contribution is 9.09. The highest BCUT2D eigenvalue weighted by atomic mass is 79.9. The lowest BCUT2D eigenvalue weighted by atomic mass is 9.82. The molecule has 0 bridgehead atoms. The van der Waals surface area contributed by atoms with Gasteiger partial charge in [-0.25, -0.2) is 0 Å². The van der Waals surface area contributed by atoms with E-state index in [9.17, 15) is 4.79 Å². The van der Waals surface area contributed by atoms with Gasteiger partial charge < -0.3 is 4.90 Å². The molecule has 17 heavy (non-hydrogen) atoms. The van der Waals surface area contributed by atoms with Crippen molar-refractivity contribution in [3.8, 4) is 0 Å². The van der Waals surface area contributed by atoms with E-state index >= 15 is 0 Å². The van der Waals surface area contributed by atoms with E-state index in [2.05, 4.69) is 55.4 Å². The van der Waals surface area contributed by atoms with Crippen molar-refractivity contribution in [3.63, 3.8) is 0 Å². The van der Waals surface area contributed by atoms with E-state index in [0.717, 1.165) is 24.8 Å². The highest BCUT2D eigenvalue weighted by Crippen LogP contribution is 2.31. The minimum absolute atomic E-state index is 0.250. The van der Waals surface area contributed by atoms with E-state index in [1.165, 1.54) is 0 Å². The van der Waals surface area contributed by atoms with Crippen LogP contribution >= 0.6 is 15.9 Å². The third-order valence-electron chi connectivity index (χ3n) is 4.04. The molecule has 0 spiro atoms. The van der Waals surface area contributed by atoms with Gasteiger partial charge in [-0.05, 0) is 23.2 Å². The van der Waals surface area contributed by atoms with E-state index in [4.69, 9.17) is 0 Å². The normalized spacial score (nSPS) is 23.6. The van der Waals surface area contributed by atoms with Gasteiger partial charge in [0.25, 0.3) is 0 Å². The summed E-state index contributed by atoms with van der Waals surface area (Å²) < 4.78 is 0. The molecule has 1 fully saturated rings. The Balaban J connectivity index is 2.60. The fraction of sp³-hybridized carbons (Fsp3) is 0.929. The Labute approximate surface area is 114 Å². The molecule has 1 amide bonds. The number of halogens is 1. The number of likely N-dealkylation sites (tertiary alicyclic amines) is 1. The Bertz CT molecular complexity index is 270. The standard InChI is InChI=1S/C14H26BrNO/c1-10(2)11-6-13(17)16(8-11)9-12(7-15)14(3,4)5/h10-12H,6-9H2,1-5H3. The Kier molecular flexibility index (Phi) is 5.06. The van der Waals surface area contributed by atoms with Crippen molar-refractivity contribution in [3.05, 3.63) is 0 Å². The highest BCUT2D eigenvalue weighted by Gasteiger charge is 2.34. The molecule has 1 aliphatic rings. The fourth-order valence-electron chi connectivity index (χ4n) is 2.25. The van der Waals surface area contributed by atoms with Crippen molar-refractivity contribution in [2.75, 3.05) is 18.4 Å². The van der Waals surface area contributed by atoms with Crippen LogP contribution in [-0.2, 0) is 4.79 Å². The minimum atomic E-state index is 0.250. The maximum atomic E-state index is 12.0. The summed E-state index contributed by atoms with van der Waals surface area (Å²) in [5.41, 5.74) is 0.250. The number of carbonyl (C=O) groups is 1. The van der Waals surface area contributed by atoms with Gasteiger partial charge in [0.1, 0.15) is 0 Å². The molecule has 2 atom stereocenters. The van der Waals surface area contributed by atoms with Crippen LogP contribution in [0.5, 0.6) is 0 Å². The van der Waals surface area contributed by atoms with Crippen LogP contribution in [0.3, 0.4) is 0 Å². The lowest BCUT2D eigenvalue weighted by Gasteiger charge is -2.33. The van der Waals surface area contributed by atoms with Gasteiger partial charge in [0.2, 0.25) is 5.91 Å². The summed E-state index contributed by atoms with van der Waals surface area (Å²) in [6.45, 7) is 13.0. The Hall–Kier alpha value is -0.0500. The second-order valence-corrected chi connectivity index (χ2v) is 7.37. The van der Waals surface area contributed by atoms with Gasteiger partial charge in [0.15, 0.2) is 0 Å². The van der Waals surface area contributed by atoms with Crippen LogP contribution in [0.25, 0.3) is 0 Å². The van der Waals surface area contributed by atoms with Gasteiger partial charge in [-0.3, -0.25) is 4.79 Å². The molecular formula is C14H26BrNO. The molecule has 0 saturated carbocycles. The molecule has 0 radical (unpaired) electrons. The van der Waals surface area contributed by atoms with E-state index in [1.807, 2.05) is 0 Å². The van der Waals surface area contributed by atoms with E-state index in [1.54, 1.807) is 0 Å². The first kappa shape index (κ1) is 15.0. The molecular weight excluding hydrogens is 278 g/mol. The lowest BCUT2D eigenvalue weighted by molar-refractivity contribution is -0.128. The van der Waals surface area contributed by atoms with Crippen molar-refractivity contribution in [1.29, 1.82) is 0 Å². The van der Waals surface area contributed by atoms with Crippen LogP contribution in [0.1, 0.15) is 41.0 Å². The van der Waals surface area contributed by atoms with Crippen molar-refractivity contribution >= 4 is 21.8 Å². The topological polar surface area (TPSA) is 20.3 Å². The Morgan fingerprint density at radius 3 is 2.35 bits per heavy atom. The summed E-state index contributed by atoms with van der Waals surface area (Å²) in [5.74, 6) is 2.04. The van der Waals surface area contributed by atoms with Gasteiger partial charge in [-0.2, -0.15) is 0 Å². The molecule has 0 N–H and O–H groups in total. The number of alkyl halides is 1. The lowest BCUT2D eigenvalue weighted by Crippen LogP contribution is -2.37. The smallest absolute Gasteiger partial charge is 0.222 e. The summed E-state index contributed by atoms with van der Waals surface area (Å²) in [7, 11) is 0. The Morgan fingerprint density at radius 1 is 1.41 bits per heavy atom. The monoisotopic (exact) mass is 303 g/mol. The third-order valence-corrected chi connectivity index (χ3v) is 4.82. The van der Waals surface area contributed by atoms with Gasteiger partial charge in [0, 0.05) is 24.8 Å². The van der Waals surface area contributed by atoms with Crippen LogP contribution in [0.4, 0.5) is 0 Å². The molecule has 0 aliphatic carbocycles. The number of hydrogen-bond donors (Lipinski definition) is 0. The number of rotatable bonds is 4. The van der Waals surface area contributed by atoms with Crippen LogP contribution in [-0.4, -0.2) is 29.2 Å². The van der Waals surface area contributed by atoms with Crippen molar-refractivity contribution < 1.29 is 4.79 Å². The third kappa shape index (κ3) is 3.97. The second kappa shape index (κ2) is 5.73. The number of nitrogens with zero attached hydrogens (tertiary/aromatic N) is 1. The number of carbonyl (C=O) groups excluding carboxylic acids is 1. The van der Waals surface area contributed by atoms with Gasteiger partial charge >= 0.3 is 0 Å². The minimum Gasteiger partial charge on any atom is -0.342 e. The predicted molar refractivity (Wildman–Crippen MR) is 76.3 cm³/mol. The molecule has 2 nitrogen and oxygen atoms in total. The maximum absolute atomic E-state index is 12.0. The quantitative estimate of drug-likeness (QED) is 0.727. The van der Waals surface area contributed by atoms with Crippen molar-refractivity contribution in [2.45, 2.75) is 41.0 Å². The molecule has 0 aromatic heterocycles. The molecule has 1 rings (SSSR count). The van der Waals surface area contributed by atoms with Crippen LogP contribution in [0, 0.1) is 23.2 Å². The van der Waals surface area contributed by atoms with E-state index in [0.29, 0.717) is 23.7 Å². The number of amides is 1. The van der Waals surface area contributed by atoms with Gasteiger partial charge in [0.05, 0.1) is 0 Å². The first-order valence-corrected chi connectivity index (χ1v) is 7.71. The first-order chi connectivity index (χ1) is 7.75. The van der Waals surface area contributed by atoms with Crippen molar-refractivity contribution in [2.24, 2.45) is 23.2 Å². The molecule has 100 valence electrons. The second-order valence-electron chi connectivity index (χ2n) is 6.72. The zero-order chi connectivity index (χ0) is 13.2. The largest absolute Gasteiger partial charge is 0.342 e. The molecule has 2 unspecified atom stereocenters. The molecule has 0 aromatic rings. The van der Waals surface area contributed by atoms with Crippen LogP contribution in [0.2, 0.25) is 0 Å². The summed E-state index contributed by atoms with van der Waals surface area (Å²) in [6.07, 6.45) is 0.747. The average molecular weight is 304 g/mol. The summed E-state index contributed by atoms with van der Waals surface area (Å²) in [4.78, 5) is 14.0. The molecule has 1 saturated heterocycles. The summed E-state index contributed by atoms with van der Waals surface area (Å²) in [5, 5.41) is 0.965. The molecule has 1 heterocycles. The molecule has 3 heteroatoms. The fourth-order valence-corrected chi connectivity index (χ4v) is 3.42. The predicted octanol–water partition coefficient (Wildman–Crippen LogP) is 3.55. The maximum Gasteiger partial charge on any atom is 0.222 e. The Morgan fingerprint density at radius 2 is 2.00 bits per heavy atom. The van der Waals surface area contributed by atoms with Gasteiger partial charge in [-0.1, -0.05) is 50.5 Å². The average Bonchev–Trinajstić information content (AvgIpc) is 2.54. The molecule has 0 aromatic carbocycles. The SMILES string of the molecule is CC(C)C1CC(=O)N(CC(CBr)C(C)(C)C)C1. The van der Waals surface area contributed by atoms with Gasteiger partial charge in [-0.15, -0.1) is 0 Å². The van der Waals surface area contributed by atoms with E-state index in [-0.39, 0.29) is 5.41 Å². The zero-order valence-corrected chi connectivity index (χ0v) is 13.4. The summed E-state index contributed by atoms with van der Waals surface area (Å²) >= 11 is 3.58. The molecule has 1 aliphatic heterocycles. The summed E-state index contributed by atoms with van der Waals surface area (Å²) in [6, 6.07) is 0. The van der Waals surface area contributed by atoms with Crippen LogP contribution < -0.4 is 0 Å². The first-order valence-electron chi connectivity index (χ1n) is 6.59.